The van der Waals surface area contributed by atoms with E-state index < -0.39 is 0 Å². The van der Waals surface area contributed by atoms with Gasteiger partial charge in [-0.2, -0.15) is 0 Å². The fraction of sp³-hybridized carbons (Fsp3) is 0.625. The summed E-state index contributed by atoms with van der Waals surface area (Å²) in [7, 11) is 1.72. The summed E-state index contributed by atoms with van der Waals surface area (Å²) in [5, 5.41) is 12.4. The molecule has 0 aromatic heterocycles. The van der Waals surface area contributed by atoms with Crippen LogP contribution >= 0.6 is 0 Å². The second kappa shape index (κ2) is 6.40. The van der Waals surface area contributed by atoms with Crippen LogP contribution in [-0.4, -0.2) is 24.9 Å². The molecule has 0 aliphatic carbocycles. The molecule has 0 heterocycles. The third-order valence-corrected chi connectivity index (χ3v) is 3.24. The Labute approximate surface area is 117 Å². The number of rotatable bonds is 5. The monoisotopic (exact) mass is 265 g/mol. The van der Waals surface area contributed by atoms with Gasteiger partial charge in [-0.15, -0.1) is 0 Å². The van der Waals surface area contributed by atoms with E-state index in [2.05, 4.69) is 45.1 Å². The predicted molar refractivity (Wildman–Crippen MR) is 79.8 cm³/mol. The molecule has 2 N–H and O–H groups in total. The number of hydrogen-bond donors (Lipinski definition) is 2. The summed E-state index contributed by atoms with van der Waals surface area (Å²) in [5.74, 6) is 0.954. The van der Waals surface area contributed by atoms with Crippen molar-refractivity contribution in [2.75, 3.05) is 13.7 Å². The summed E-state index contributed by atoms with van der Waals surface area (Å²) in [4.78, 5) is 0. The summed E-state index contributed by atoms with van der Waals surface area (Å²) in [6.45, 7) is 11.5. The maximum absolute atomic E-state index is 9.08. The summed E-state index contributed by atoms with van der Waals surface area (Å²) < 4.78 is 5.62. The average Bonchev–Trinajstić information content (AvgIpc) is 2.34. The zero-order chi connectivity index (χ0) is 14.6. The van der Waals surface area contributed by atoms with Crippen molar-refractivity contribution in [3.63, 3.8) is 0 Å². The number of hydrogen-bond acceptors (Lipinski definition) is 3. The number of nitrogens with one attached hydrogen (secondary N) is 1. The summed E-state index contributed by atoms with van der Waals surface area (Å²) >= 11 is 0. The molecule has 0 spiro atoms. The number of ether oxygens (including phenoxy) is 1. The van der Waals surface area contributed by atoms with E-state index in [9.17, 15) is 0 Å². The van der Waals surface area contributed by atoms with Gasteiger partial charge in [-0.25, -0.2) is 0 Å². The number of aryl methyl sites for hydroxylation is 1. The first-order valence-electron chi connectivity index (χ1n) is 6.81. The zero-order valence-electron chi connectivity index (χ0n) is 13.0. The van der Waals surface area contributed by atoms with E-state index in [0.29, 0.717) is 6.54 Å². The number of aliphatic hydroxyl groups is 1. The molecule has 1 aromatic rings. The van der Waals surface area contributed by atoms with Gasteiger partial charge in [-0.3, -0.25) is 0 Å². The van der Waals surface area contributed by atoms with E-state index in [1.165, 1.54) is 11.1 Å². The van der Waals surface area contributed by atoms with Gasteiger partial charge in [0, 0.05) is 23.7 Å². The Morgan fingerprint density at radius 2 is 1.95 bits per heavy atom. The van der Waals surface area contributed by atoms with E-state index in [0.717, 1.165) is 11.3 Å². The molecular formula is C16H27NO2. The van der Waals surface area contributed by atoms with E-state index in [1.807, 2.05) is 6.92 Å². The highest BCUT2D eigenvalue weighted by Crippen LogP contribution is 2.35. The zero-order valence-corrected chi connectivity index (χ0v) is 13.0. The first-order chi connectivity index (χ1) is 8.79. The van der Waals surface area contributed by atoms with Crippen LogP contribution in [0.1, 0.15) is 44.4 Å². The Bertz CT molecular complexity index is 421. The lowest BCUT2D eigenvalue weighted by Crippen LogP contribution is -2.29. The van der Waals surface area contributed by atoms with Gasteiger partial charge in [0.25, 0.3) is 0 Å². The molecule has 3 heteroatoms. The molecule has 1 atom stereocenters. The quantitative estimate of drug-likeness (QED) is 0.860. The van der Waals surface area contributed by atoms with Crippen molar-refractivity contribution in [1.82, 2.24) is 5.32 Å². The van der Waals surface area contributed by atoms with Crippen LogP contribution < -0.4 is 10.1 Å². The molecule has 19 heavy (non-hydrogen) atoms. The van der Waals surface area contributed by atoms with Crippen LogP contribution in [0.25, 0.3) is 0 Å². The first kappa shape index (κ1) is 16.0. The highest BCUT2D eigenvalue weighted by Gasteiger charge is 2.21. The molecule has 0 saturated heterocycles. The van der Waals surface area contributed by atoms with Crippen LogP contribution in [0.4, 0.5) is 0 Å². The highest BCUT2D eigenvalue weighted by molar-refractivity contribution is 5.47. The van der Waals surface area contributed by atoms with E-state index in [-0.39, 0.29) is 18.1 Å². The van der Waals surface area contributed by atoms with Gasteiger partial charge in [0.1, 0.15) is 5.75 Å². The van der Waals surface area contributed by atoms with Gasteiger partial charge in [-0.05, 0) is 19.3 Å². The number of benzene rings is 1. The fourth-order valence-electron chi connectivity index (χ4n) is 2.13. The molecule has 3 nitrogen and oxygen atoms in total. The Morgan fingerprint density at radius 1 is 1.32 bits per heavy atom. The van der Waals surface area contributed by atoms with Crippen molar-refractivity contribution < 1.29 is 9.84 Å². The largest absolute Gasteiger partial charge is 0.496 e. The van der Waals surface area contributed by atoms with Gasteiger partial charge in [-0.1, -0.05) is 38.5 Å². The molecular weight excluding hydrogens is 238 g/mol. The van der Waals surface area contributed by atoms with Crippen LogP contribution in [0.3, 0.4) is 0 Å². The van der Waals surface area contributed by atoms with E-state index >= 15 is 0 Å². The molecule has 0 bridgehead atoms. The van der Waals surface area contributed by atoms with Gasteiger partial charge in [0.15, 0.2) is 0 Å². The summed E-state index contributed by atoms with van der Waals surface area (Å²) in [6, 6.07) is 4.42. The van der Waals surface area contributed by atoms with Gasteiger partial charge in [0.2, 0.25) is 0 Å². The van der Waals surface area contributed by atoms with Crippen molar-refractivity contribution in [2.45, 2.75) is 52.6 Å². The fourth-order valence-corrected chi connectivity index (χ4v) is 2.13. The van der Waals surface area contributed by atoms with Crippen LogP contribution in [-0.2, 0) is 12.0 Å². The molecule has 1 unspecified atom stereocenters. The summed E-state index contributed by atoms with van der Waals surface area (Å²) in [6.07, 6.45) is 0. The second-order valence-corrected chi connectivity index (χ2v) is 6.22. The van der Waals surface area contributed by atoms with Crippen molar-refractivity contribution in [2.24, 2.45) is 0 Å². The standard InChI is InChI=1S/C16H27NO2/c1-11-7-13(9-17-12(2)10-18)15(19-6)14(8-11)16(3,4)5/h7-8,12,17-18H,9-10H2,1-6H3. The van der Waals surface area contributed by atoms with Gasteiger partial charge < -0.3 is 15.2 Å². The molecule has 108 valence electrons. The molecule has 0 aliphatic heterocycles. The summed E-state index contributed by atoms with van der Waals surface area (Å²) in [5.41, 5.74) is 3.66. The topological polar surface area (TPSA) is 41.5 Å². The van der Waals surface area contributed by atoms with E-state index in [4.69, 9.17) is 9.84 Å². The Balaban J connectivity index is 3.13. The van der Waals surface area contributed by atoms with Crippen LogP contribution in [0.15, 0.2) is 12.1 Å². The smallest absolute Gasteiger partial charge is 0.127 e. The van der Waals surface area contributed by atoms with Crippen LogP contribution in [0.5, 0.6) is 5.75 Å². The Morgan fingerprint density at radius 3 is 2.42 bits per heavy atom. The maximum Gasteiger partial charge on any atom is 0.127 e. The van der Waals surface area contributed by atoms with Crippen molar-refractivity contribution in [1.29, 1.82) is 0 Å². The Hall–Kier alpha value is -1.06. The molecule has 0 fully saturated rings. The second-order valence-electron chi connectivity index (χ2n) is 6.22. The predicted octanol–water partition coefficient (Wildman–Crippen LogP) is 2.77. The number of aliphatic hydroxyl groups excluding tert-OH is 1. The Kier molecular flexibility index (Phi) is 5.39. The lowest BCUT2D eigenvalue weighted by molar-refractivity contribution is 0.250. The minimum atomic E-state index is 0.0503. The maximum atomic E-state index is 9.08. The van der Waals surface area contributed by atoms with Crippen LogP contribution in [0.2, 0.25) is 0 Å². The van der Waals surface area contributed by atoms with Crippen molar-refractivity contribution in [3.8, 4) is 5.75 Å². The third-order valence-electron chi connectivity index (χ3n) is 3.24. The highest BCUT2D eigenvalue weighted by atomic mass is 16.5. The minimum Gasteiger partial charge on any atom is -0.496 e. The molecule has 0 radical (unpaired) electrons. The normalized spacial score (nSPS) is 13.4. The third kappa shape index (κ3) is 4.22. The van der Waals surface area contributed by atoms with E-state index in [1.54, 1.807) is 7.11 Å². The average molecular weight is 265 g/mol. The molecule has 1 rings (SSSR count). The molecule has 0 aliphatic rings. The molecule has 1 aromatic carbocycles. The van der Waals surface area contributed by atoms with Gasteiger partial charge >= 0.3 is 0 Å². The number of methoxy groups -OCH3 is 1. The van der Waals surface area contributed by atoms with Gasteiger partial charge in [0.05, 0.1) is 13.7 Å². The van der Waals surface area contributed by atoms with Crippen molar-refractivity contribution >= 4 is 0 Å². The first-order valence-corrected chi connectivity index (χ1v) is 6.81. The molecule has 0 amide bonds. The van der Waals surface area contributed by atoms with Crippen LogP contribution in [0, 0.1) is 6.92 Å². The molecule has 0 saturated carbocycles. The lowest BCUT2D eigenvalue weighted by atomic mass is 9.84. The SMILES string of the molecule is COc1c(CNC(C)CO)cc(C)cc1C(C)(C)C. The minimum absolute atomic E-state index is 0.0503. The lowest BCUT2D eigenvalue weighted by Gasteiger charge is -2.25. The van der Waals surface area contributed by atoms with Crippen molar-refractivity contribution in [3.05, 3.63) is 28.8 Å².